The van der Waals surface area contributed by atoms with Gasteiger partial charge in [-0.3, -0.25) is 0 Å². The van der Waals surface area contributed by atoms with E-state index in [0.29, 0.717) is 28.1 Å². The molecule has 0 atom stereocenters. The second-order valence-corrected chi connectivity index (χ2v) is 5.04. The Bertz CT molecular complexity index is 719. The van der Waals surface area contributed by atoms with E-state index in [0.717, 1.165) is 11.4 Å². The highest BCUT2D eigenvalue weighted by molar-refractivity contribution is 6.33. The highest BCUT2D eigenvalue weighted by Crippen LogP contribution is 2.24. The quantitative estimate of drug-likeness (QED) is 0.722. The number of aromatic amines is 1. The maximum absolute atomic E-state index is 6.21. The third-order valence-corrected chi connectivity index (χ3v) is 3.18. The van der Waals surface area contributed by atoms with Gasteiger partial charge in [-0.05, 0) is 0 Å². The molecule has 0 saturated heterocycles. The van der Waals surface area contributed by atoms with Crippen molar-refractivity contribution in [3.63, 3.8) is 0 Å². The van der Waals surface area contributed by atoms with Crippen LogP contribution < -0.4 is 0 Å². The van der Waals surface area contributed by atoms with Crippen molar-refractivity contribution >= 4 is 22.8 Å². The number of rotatable bonds is 2. The summed E-state index contributed by atoms with van der Waals surface area (Å²) in [5.41, 5.74) is 2.24. The summed E-state index contributed by atoms with van der Waals surface area (Å²) >= 11 is 6.21. The topological polar surface area (TPSA) is 54.5 Å². The maximum Gasteiger partial charge on any atom is 0.183 e. The molecule has 0 aliphatic heterocycles. The first kappa shape index (κ1) is 12.1. The maximum atomic E-state index is 6.21. The van der Waals surface area contributed by atoms with Crippen LogP contribution in [0, 0.1) is 0 Å². The van der Waals surface area contributed by atoms with Gasteiger partial charge >= 0.3 is 0 Å². The number of hydrogen-bond donors (Lipinski definition) is 1. The molecule has 2 heterocycles. The lowest BCUT2D eigenvalue weighted by Crippen LogP contribution is -1.91. The Balaban J connectivity index is 2.19. The van der Waals surface area contributed by atoms with Crippen LogP contribution in [-0.4, -0.2) is 19.9 Å². The zero-order chi connectivity index (χ0) is 13.4. The Morgan fingerprint density at radius 1 is 1.05 bits per heavy atom. The van der Waals surface area contributed by atoms with Crippen molar-refractivity contribution in [2.24, 2.45) is 0 Å². The zero-order valence-electron chi connectivity index (χ0n) is 10.7. The second-order valence-electron chi connectivity index (χ2n) is 4.68. The first-order valence-corrected chi connectivity index (χ1v) is 6.51. The van der Waals surface area contributed by atoms with Crippen LogP contribution in [0.3, 0.4) is 0 Å². The van der Waals surface area contributed by atoms with E-state index < -0.39 is 0 Å². The van der Waals surface area contributed by atoms with Crippen LogP contribution >= 0.6 is 11.6 Å². The van der Waals surface area contributed by atoms with Gasteiger partial charge < -0.3 is 4.98 Å². The number of nitrogens with one attached hydrogen (secondary N) is 1. The highest BCUT2D eigenvalue weighted by Gasteiger charge is 2.13. The van der Waals surface area contributed by atoms with Gasteiger partial charge in [0, 0.05) is 11.5 Å². The predicted molar refractivity (Wildman–Crippen MR) is 76.2 cm³/mol. The molecule has 4 nitrogen and oxygen atoms in total. The second kappa shape index (κ2) is 4.63. The lowest BCUT2D eigenvalue weighted by atomic mass is 10.2. The molecule has 19 heavy (non-hydrogen) atoms. The van der Waals surface area contributed by atoms with E-state index in [1.54, 1.807) is 0 Å². The van der Waals surface area contributed by atoms with Gasteiger partial charge in [0.05, 0.1) is 0 Å². The van der Waals surface area contributed by atoms with Crippen LogP contribution in [0.2, 0.25) is 5.15 Å². The van der Waals surface area contributed by atoms with Crippen LogP contribution in [0.1, 0.15) is 25.6 Å². The molecule has 1 aromatic carbocycles. The van der Waals surface area contributed by atoms with Crippen molar-refractivity contribution in [3.05, 3.63) is 41.3 Å². The van der Waals surface area contributed by atoms with Gasteiger partial charge in [-0.15, -0.1) is 0 Å². The molecular weight excluding hydrogens is 260 g/mol. The molecule has 0 aliphatic carbocycles. The summed E-state index contributed by atoms with van der Waals surface area (Å²) in [5, 5.41) is 0.406. The molecule has 5 heteroatoms. The Morgan fingerprint density at radius 2 is 1.79 bits per heavy atom. The number of imidazole rings is 1. The van der Waals surface area contributed by atoms with E-state index in [1.165, 1.54) is 0 Å². The lowest BCUT2D eigenvalue weighted by molar-refractivity contribution is 0.798. The smallest absolute Gasteiger partial charge is 0.183 e. The van der Waals surface area contributed by atoms with Crippen LogP contribution in [0.15, 0.2) is 30.3 Å². The van der Waals surface area contributed by atoms with E-state index in [-0.39, 0.29) is 0 Å². The zero-order valence-corrected chi connectivity index (χ0v) is 11.4. The molecule has 0 bridgehead atoms. The van der Waals surface area contributed by atoms with E-state index in [4.69, 9.17) is 11.6 Å². The van der Waals surface area contributed by atoms with Crippen molar-refractivity contribution in [2.45, 2.75) is 19.8 Å². The fourth-order valence-corrected chi connectivity index (χ4v) is 2.08. The van der Waals surface area contributed by atoms with E-state index in [9.17, 15) is 0 Å². The Morgan fingerprint density at radius 3 is 2.47 bits per heavy atom. The van der Waals surface area contributed by atoms with Gasteiger partial charge in [0.25, 0.3) is 0 Å². The Kier molecular flexibility index (Phi) is 2.95. The minimum absolute atomic E-state index is 0.297. The summed E-state index contributed by atoms with van der Waals surface area (Å²) in [7, 11) is 0. The molecule has 3 rings (SSSR count). The molecule has 0 aliphatic rings. The molecular formula is C14H13ClN4. The molecule has 0 fully saturated rings. The summed E-state index contributed by atoms with van der Waals surface area (Å²) in [6.45, 7) is 4.13. The lowest BCUT2D eigenvalue weighted by Gasteiger charge is -2.00. The molecule has 0 spiro atoms. The number of benzene rings is 1. The average Bonchev–Trinajstić information content (AvgIpc) is 2.84. The van der Waals surface area contributed by atoms with Gasteiger partial charge in [0.2, 0.25) is 0 Å². The minimum atomic E-state index is 0.297. The average molecular weight is 273 g/mol. The van der Waals surface area contributed by atoms with Crippen molar-refractivity contribution in [1.29, 1.82) is 0 Å². The SMILES string of the molecule is CC(C)c1nc2nc(-c3ccccc3)nc(Cl)c2[nH]1. The van der Waals surface area contributed by atoms with E-state index >= 15 is 0 Å². The van der Waals surface area contributed by atoms with Crippen LogP contribution in [0.25, 0.3) is 22.6 Å². The number of hydrogen-bond acceptors (Lipinski definition) is 3. The number of halogens is 1. The molecule has 0 saturated carbocycles. The van der Waals surface area contributed by atoms with Crippen molar-refractivity contribution in [2.75, 3.05) is 0 Å². The molecule has 1 N–H and O–H groups in total. The fraction of sp³-hybridized carbons (Fsp3) is 0.214. The third kappa shape index (κ3) is 2.19. The highest BCUT2D eigenvalue weighted by atomic mass is 35.5. The van der Waals surface area contributed by atoms with Crippen LogP contribution in [-0.2, 0) is 0 Å². The number of H-pyrrole nitrogens is 1. The monoisotopic (exact) mass is 272 g/mol. The Labute approximate surface area is 115 Å². The summed E-state index contributed by atoms with van der Waals surface area (Å²) in [4.78, 5) is 16.4. The van der Waals surface area contributed by atoms with Crippen LogP contribution in [0.4, 0.5) is 0 Å². The van der Waals surface area contributed by atoms with E-state index in [2.05, 4.69) is 33.8 Å². The number of aromatic nitrogens is 4. The van der Waals surface area contributed by atoms with Gasteiger partial charge in [0.1, 0.15) is 11.3 Å². The fourth-order valence-electron chi connectivity index (χ4n) is 1.87. The molecule has 0 unspecified atom stereocenters. The molecule has 3 aromatic rings. The summed E-state index contributed by atoms with van der Waals surface area (Å²) < 4.78 is 0. The third-order valence-electron chi connectivity index (χ3n) is 2.90. The van der Waals surface area contributed by atoms with Crippen LogP contribution in [0.5, 0.6) is 0 Å². The van der Waals surface area contributed by atoms with E-state index in [1.807, 2.05) is 30.3 Å². The predicted octanol–water partition coefficient (Wildman–Crippen LogP) is 3.80. The van der Waals surface area contributed by atoms with Gasteiger partial charge in [-0.1, -0.05) is 55.8 Å². The summed E-state index contributed by atoms with van der Waals surface area (Å²) in [6, 6.07) is 9.75. The molecule has 96 valence electrons. The standard InChI is InChI=1S/C14H13ClN4/c1-8(2)12-16-10-11(15)17-13(19-14(10)18-12)9-6-4-3-5-7-9/h3-8H,1-2H3,(H,16,17,18,19). The van der Waals surface area contributed by atoms with Crippen molar-refractivity contribution in [1.82, 2.24) is 19.9 Å². The van der Waals surface area contributed by atoms with Crippen molar-refractivity contribution < 1.29 is 0 Å². The summed E-state index contributed by atoms with van der Waals surface area (Å²) in [6.07, 6.45) is 0. The first-order chi connectivity index (χ1) is 9.15. The van der Waals surface area contributed by atoms with Crippen molar-refractivity contribution in [3.8, 4) is 11.4 Å². The minimum Gasteiger partial charge on any atom is -0.338 e. The molecule has 0 radical (unpaired) electrons. The molecule has 2 aromatic heterocycles. The number of nitrogens with zero attached hydrogens (tertiary/aromatic N) is 3. The Hall–Kier alpha value is -1.94. The molecule has 0 amide bonds. The van der Waals surface area contributed by atoms with Gasteiger partial charge in [-0.2, -0.15) is 0 Å². The normalized spacial score (nSPS) is 11.4. The van der Waals surface area contributed by atoms with Gasteiger partial charge in [0.15, 0.2) is 16.6 Å². The summed E-state index contributed by atoms with van der Waals surface area (Å²) in [5.74, 6) is 1.77. The van der Waals surface area contributed by atoms with Gasteiger partial charge in [-0.25, -0.2) is 15.0 Å². The first-order valence-electron chi connectivity index (χ1n) is 6.13. The largest absolute Gasteiger partial charge is 0.338 e. The number of fused-ring (bicyclic) bond motifs is 1.